The molecule has 1 heterocycles. The first-order valence-corrected chi connectivity index (χ1v) is 9.82. The van der Waals surface area contributed by atoms with Gasteiger partial charge in [0.05, 0.1) is 0 Å². The maximum atomic E-state index is 12.4. The topological polar surface area (TPSA) is 93.4 Å². The van der Waals surface area contributed by atoms with Crippen molar-refractivity contribution in [1.82, 2.24) is 10.2 Å². The Labute approximate surface area is 166 Å². The molecule has 6 nitrogen and oxygen atoms in total. The summed E-state index contributed by atoms with van der Waals surface area (Å²) in [7, 11) is 0. The molecule has 0 spiro atoms. The van der Waals surface area contributed by atoms with Gasteiger partial charge in [0, 0.05) is 19.3 Å². The van der Waals surface area contributed by atoms with Crippen LogP contribution in [-0.4, -0.2) is 41.0 Å². The summed E-state index contributed by atoms with van der Waals surface area (Å²) in [5.41, 5.74) is 1.29. The van der Waals surface area contributed by atoms with Crippen molar-refractivity contribution < 1.29 is 14.7 Å². The van der Waals surface area contributed by atoms with Crippen LogP contribution in [0.15, 0.2) is 42.1 Å². The number of carboxylic acids is 1. The molecule has 0 aliphatic carbocycles. The van der Waals surface area contributed by atoms with Crippen molar-refractivity contribution in [2.24, 2.45) is 11.8 Å². The van der Waals surface area contributed by atoms with E-state index in [1.807, 2.05) is 30.9 Å². The first kappa shape index (κ1) is 21.5. The highest BCUT2D eigenvalue weighted by Crippen LogP contribution is 2.22. The molecule has 1 aliphatic heterocycles. The van der Waals surface area contributed by atoms with Crippen molar-refractivity contribution >= 4 is 11.9 Å². The number of nitriles is 1. The fourth-order valence-corrected chi connectivity index (χ4v) is 3.48. The van der Waals surface area contributed by atoms with Crippen molar-refractivity contribution in [3.8, 4) is 6.07 Å². The highest BCUT2D eigenvalue weighted by Gasteiger charge is 2.24. The van der Waals surface area contributed by atoms with E-state index in [9.17, 15) is 20.0 Å². The molecule has 150 valence electrons. The van der Waals surface area contributed by atoms with E-state index in [0.29, 0.717) is 12.3 Å². The molecule has 2 rings (SSSR count). The van der Waals surface area contributed by atoms with E-state index < -0.39 is 17.9 Å². The number of benzene rings is 1. The minimum atomic E-state index is -1.08. The van der Waals surface area contributed by atoms with Crippen LogP contribution in [0.3, 0.4) is 0 Å². The Morgan fingerprint density at radius 3 is 2.46 bits per heavy atom. The van der Waals surface area contributed by atoms with E-state index in [-0.39, 0.29) is 11.5 Å². The normalized spacial score (nSPS) is 16.5. The molecule has 1 unspecified atom stereocenters. The second-order valence-corrected chi connectivity index (χ2v) is 7.82. The number of hydrogen-bond donors (Lipinski definition) is 2. The Balaban J connectivity index is 1.91. The lowest BCUT2D eigenvalue weighted by Crippen LogP contribution is -2.42. The van der Waals surface area contributed by atoms with E-state index in [1.54, 1.807) is 6.20 Å². The minimum absolute atomic E-state index is 0.0449. The van der Waals surface area contributed by atoms with Gasteiger partial charge in [0.1, 0.15) is 17.7 Å². The van der Waals surface area contributed by atoms with Gasteiger partial charge >= 0.3 is 5.97 Å². The van der Waals surface area contributed by atoms with Crippen molar-refractivity contribution in [3.63, 3.8) is 0 Å². The molecule has 1 fully saturated rings. The first-order chi connectivity index (χ1) is 13.4. The molecule has 1 amide bonds. The molecule has 1 aromatic carbocycles. The fourth-order valence-electron chi connectivity index (χ4n) is 3.48. The summed E-state index contributed by atoms with van der Waals surface area (Å²) >= 11 is 0. The third-order valence-corrected chi connectivity index (χ3v) is 5.00. The second kappa shape index (κ2) is 10.5. The van der Waals surface area contributed by atoms with Crippen molar-refractivity contribution in [3.05, 3.63) is 47.7 Å². The molecule has 1 aromatic rings. The number of aliphatic carboxylic acids is 1. The second-order valence-electron chi connectivity index (χ2n) is 7.82. The van der Waals surface area contributed by atoms with E-state index in [0.717, 1.165) is 32.4 Å². The molecule has 28 heavy (non-hydrogen) atoms. The highest BCUT2D eigenvalue weighted by atomic mass is 16.4. The van der Waals surface area contributed by atoms with Gasteiger partial charge in [-0.15, -0.1) is 0 Å². The average molecular weight is 383 g/mol. The van der Waals surface area contributed by atoms with Crippen LogP contribution < -0.4 is 5.32 Å². The number of amides is 1. The lowest BCUT2D eigenvalue weighted by molar-refractivity contribution is -0.141. The van der Waals surface area contributed by atoms with E-state index >= 15 is 0 Å². The van der Waals surface area contributed by atoms with Crippen LogP contribution in [0.2, 0.25) is 0 Å². The minimum Gasteiger partial charge on any atom is -0.480 e. The summed E-state index contributed by atoms with van der Waals surface area (Å²) in [6.07, 6.45) is 4.93. The molecule has 0 saturated carbocycles. The summed E-state index contributed by atoms with van der Waals surface area (Å²) in [6, 6.07) is 11.3. The third-order valence-electron chi connectivity index (χ3n) is 5.00. The summed E-state index contributed by atoms with van der Waals surface area (Å²) in [5, 5.41) is 21.1. The SMILES string of the molecule is CC(C)CC(NC(=O)/C(C#N)=C\N1CCC(Cc2ccccc2)CC1)C(=O)O. The molecule has 1 atom stereocenters. The van der Waals surface area contributed by atoms with Crippen LogP contribution in [0.1, 0.15) is 38.7 Å². The quantitative estimate of drug-likeness (QED) is 0.532. The third kappa shape index (κ3) is 6.73. The predicted octanol–water partition coefficient (Wildman–Crippen LogP) is 2.96. The van der Waals surface area contributed by atoms with Crippen LogP contribution in [0.25, 0.3) is 0 Å². The zero-order valence-electron chi connectivity index (χ0n) is 16.6. The Kier molecular flexibility index (Phi) is 8.06. The van der Waals surface area contributed by atoms with Crippen molar-refractivity contribution in [1.29, 1.82) is 5.26 Å². The monoisotopic (exact) mass is 383 g/mol. The number of nitrogens with zero attached hydrogens (tertiary/aromatic N) is 2. The Bertz CT molecular complexity index is 729. The smallest absolute Gasteiger partial charge is 0.326 e. The number of rotatable bonds is 8. The largest absolute Gasteiger partial charge is 0.480 e. The Morgan fingerprint density at radius 2 is 1.93 bits per heavy atom. The Hall–Kier alpha value is -2.81. The number of piperidine rings is 1. The molecular formula is C22H29N3O3. The maximum Gasteiger partial charge on any atom is 0.326 e. The van der Waals surface area contributed by atoms with Gasteiger partial charge in [-0.05, 0) is 43.1 Å². The van der Waals surface area contributed by atoms with Gasteiger partial charge in [0.2, 0.25) is 0 Å². The van der Waals surface area contributed by atoms with Gasteiger partial charge in [-0.25, -0.2) is 4.79 Å². The zero-order valence-corrected chi connectivity index (χ0v) is 16.6. The van der Waals surface area contributed by atoms with Crippen LogP contribution >= 0.6 is 0 Å². The summed E-state index contributed by atoms with van der Waals surface area (Å²) in [6.45, 7) is 5.35. The molecule has 1 saturated heterocycles. The zero-order chi connectivity index (χ0) is 20.5. The van der Waals surface area contributed by atoms with Crippen LogP contribution in [0.4, 0.5) is 0 Å². The number of nitrogens with one attached hydrogen (secondary N) is 1. The molecule has 0 radical (unpaired) electrons. The molecule has 2 N–H and O–H groups in total. The molecular weight excluding hydrogens is 354 g/mol. The number of likely N-dealkylation sites (tertiary alicyclic amines) is 1. The summed E-state index contributed by atoms with van der Waals surface area (Å²) in [5.74, 6) is -0.989. The molecule has 1 aliphatic rings. The van der Waals surface area contributed by atoms with Crippen LogP contribution in [0.5, 0.6) is 0 Å². The summed E-state index contributed by atoms with van der Waals surface area (Å²) < 4.78 is 0. The van der Waals surface area contributed by atoms with Gasteiger partial charge in [0.25, 0.3) is 5.91 Å². The van der Waals surface area contributed by atoms with E-state index in [2.05, 4.69) is 29.6 Å². The van der Waals surface area contributed by atoms with Crippen LogP contribution in [-0.2, 0) is 16.0 Å². The van der Waals surface area contributed by atoms with Crippen LogP contribution in [0, 0.1) is 23.2 Å². The highest BCUT2D eigenvalue weighted by molar-refractivity contribution is 5.99. The summed E-state index contributed by atoms with van der Waals surface area (Å²) in [4.78, 5) is 25.7. The van der Waals surface area contributed by atoms with Crippen molar-refractivity contribution in [2.45, 2.75) is 45.6 Å². The van der Waals surface area contributed by atoms with Crippen molar-refractivity contribution in [2.75, 3.05) is 13.1 Å². The lowest BCUT2D eigenvalue weighted by Gasteiger charge is -2.31. The van der Waals surface area contributed by atoms with Gasteiger partial charge in [-0.2, -0.15) is 5.26 Å². The Morgan fingerprint density at radius 1 is 1.29 bits per heavy atom. The fraction of sp³-hybridized carbons (Fsp3) is 0.500. The van der Waals surface area contributed by atoms with Gasteiger partial charge < -0.3 is 15.3 Å². The number of carbonyl (C=O) groups excluding carboxylic acids is 1. The van der Waals surface area contributed by atoms with E-state index in [4.69, 9.17) is 0 Å². The predicted molar refractivity (Wildman–Crippen MR) is 107 cm³/mol. The van der Waals surface area contributed by atoms with Gasteiger partial charge in [-0.3, -0.25) is 4.79 Å². The van der Waals surface area contributed by atoms with E-state index in [1.165, 1.54) is 5.56 Å². The molecule has 0 bridgehead atoms. The number of carboxylic acid groups (broad SMARTS) is 1. The average Bonchev–Trinajstić information content (AvgIpc) is 2.67. The number of hydrogen-bond acceptors (Lipinski definition) is 4. The first-order valence-electron chi connectivity index (χ1n) is 9.82. The standard InChI is InChI=1S/C22H29N3O3/c1-16(2)12-20(22(27)28)24-21(26)19(14-23)15-25-10-8-18(9-11-25)13-17-6-4-3-5-7-17/h3-7,15-16,18,20H,8-13H2,1-2H3,(H,24,26)(H,27,28)/b19-15-. The van der Waals surface area contributed by atoms with Gasteiger partial charge in [0.15, 0.2) is 0 Å². The number of carbonyl (C=O) groups is 2. The van der Waals surface area contributed by atoms with Gasteiger partial charge in [-0.1, -0.05) is 44.2 Å². The molecule has 0 aromatic heterocycles. The maximum absolute atomic E-state index is 12.4. The molecule has 6 heteroatoms. The lowest BCUT2D eigenvalue weighted by atomic mass is 9.90.